The van der Waals surface area contributed by atoms with Crippen LogP contribution in [-0.2, 0) is 0 Å². The van der Waals surface area contributed by atoms with E-state index in [0.29, 0.717) is 11.8 Å². The minimum absolute atomic E-state index is 0.627. The predicted octanol–water partition coefficient (Wildman–Crippen LogP) is 4.95. The van der Waals surface area contributed by atoms with Crippen molar-refractivity contribution in [1.29, 1.82) is 0 Å². The SMILES string of the molecule is CC(C)C1CCC(CN)C(c2cccc3ccccc23)C1. The summed E-state index contributed by atoms with van der Waals surface area (Å²) in [7, 11) is 0. The second-order valence-corrected chi connectivity index (χ2v) is 6.99. The molecular formula is C20H27N. The van der Waals surface area contributed by atoms with Crippen molar-refractivity contribution in [1.82, 2.24) is 0 Å². The van der Waals surface area contributed by atoms with Gasteiger partial charge in [-0.2, -0.15) is 0 Å². The van der Waals surface area contributed by atoms with E-state index >= 15 is 0 Å². The molecule has 2 aromatic carbocycles. The molecule has 1 fully saturated rings. The van der Waals surface area contributed by atoms with E-state index in [0.717, 1.165) is 18.4 Å². The lowest BCUT2D eigenvalue weighted by Gasteiger charge is -2.38. The lowest BCUT2D eigenvalue weighted by atomic mass is 9.67. The quantitative estimate of drug-likeness (QED) is 0.846. The maximum Gasteiger partial charge on any atom is -0.00430 e. The molecule has 1 saturated carbocycles. The molecule has 3 unspecified atom stereocenters. The van der Waals surface area contributed by atoms with Crippen molar-refractivity contribution < 1.29 is 0 Å². The fourth-order valence-corrected chi connectivity index (χ4v) is 4.11. The summed E-state index contributed by atoms with van der Waals surface area (Å²) in [6.07, 6.45) is 3.93. The molecule has 2 aromatic rings. The Labute approximate surface area is 128 Å². The monoisotopic (exact) mass is 281 g/mol. The number of hydrogen-bond donors (Lipinski definition) is 1. The van der Waals surface area contributed by atoms with Crippen LogP contribution in [0, 0.1) is 17.8 Å². The maximum atomic E-state index is 6.10. The van der Waals surface area contributed by atoms with Gasteiger partial charge in [-0.3, -0.25) is 0 Å². The lowest BCUT2D eigenvalue weighted by Crippen LogP contribution is -2.30. The van der Waals surface area contributed by atoms with Gasteiger partial charge in [0.15, 0.2) is 0 Å². The van der Waals surface area contributed by atoms with Gasteiger partial charge >= 0.3 is 0 Å². The number of hydrogen-bond acceptors (Lipinski definition) is 1. The largest absolute Gasteiger partial charge is 0.330 e. The van der Waals surface area contributed by atoms with Gasteiger partial charge in [0.25, 0.3) is 0 Å². The molecule has 0 bridgehead atoms. The molecule has 1 aliphatic rings. The van der Waals surface area contributed by atoms with Crippen molar-refractivity contribution in [3.8, 4) is 0 Å². The van der Waals surface area contributed by atoms with E-state index in [9.17, 15) is 0 Å². The third kappa shape index (κ3) is 2.85. The number of benzene rings is 2. The molecule has 1 aliphatic carbocycles. The van der Waals surface area contributed by atoms with Crippen molar-refractivity contribution in [3.05, 3.63) is 48.0 Å². The highest BCUT2D eigenvalue weighted by atomic mass is 14.6. The molecule has 0 spiro atoms. The maximum absolute atomic E-state index is 6.10. The predicted molar refractivity (Wildman–Crippen MR) is 91.4 cm³/mol. The van der Waals surface area contributed by atoms with Crippen LogP contribution in [0.15, 0.2) is 42.5 Å². The zero-order valence-corrected chi connectivity index (χ0v) is 13.3. The Balaban J connectivity index is 2.01. The van der Waals surface area contributed by atoms with E-state index in [2.05, 4.69) is 56.3 Å². The Hall–Kier alpha value is -1.34. The van der Waals surface area contributed by atoms with Crippen LogP contribution >= 0.6 is 0 Å². The molecule has 0 aliphatic heterocycles. The molecule has 0 heterocycles. The van der Waals surface area contributed by atoms with Crippen molar-refractivity contribution in [2.45, 2.75) is 39.0 Å². The third-order valence-corrected chi connectivity index (χ3v) is 5.50. The Morgan fingerprint density at radius 3 is 2.57 bits per heavy atom. The van der Waals surface area contributed by atoms with Crippen LogP contribution < -0.4 is 5.73 Å². The Bertz CT molecular complexity index is 596. The van der Waals surface area contributed by atoms with E-state index in [4.69, 9.17) is 5.73 Å². The molecule has 0 aromatic heterocycles. The van der Waals surface area contributed by atoms with Crippen molar-refractivity contribution in [2.75, 3.05) is 6.54 Å². The van der Waals surface area contributed by atoms with Crippen LogP contribution in [0.1, 0.15) is 44.6 Å². The van der Waals surface area contributed by atoms with Crippen LogP contribution in [0.3, 0.4) is 0 Å². The summed E-state index contributed by atoms with van der Waals surface area (Å²) in [5, 5.41) is 2.78. The van der Waals surface area contributed by atoms with E-state index in [1.165, 1.54) is 35.6 Å². The van der Waals surface area contributed by atoms with E-state index in [1.54, 1.807) is 0 Å². The fraction of sp³-hybridized carbons (Fsp3) is 0.500. The van der Waals surface area contributed by atoms with Crippen LogP contribution in [0.25, 0.3) is 10.8 Å². The molecule has 0 saturated heterocycles. The number of fused-ring (bicyclic) bond motifs is 1. The van der Waals surface area contributed by atoms with Gasteiger partial charge in [0.2, 0.25) is 0 Å². The van der Waals surface area contributed by atoms with Gasteiger partial charge in [-0.15, -0.1) is 0 Å². The molecule has 3 rings (SSSR count). The van der Waals surface area contributed by atoms with Crippen molar-refractivity contribution in [3.63, 3.8) is 0 Å². The fourth-order valence-electron chi connectivity index (χ4n) is 4.11. The minimum atomic E-state index is 0.627. The highest BCUT2D eigenvalue weighted by Gasteiger charge is 2.32. The minimum Gasteiger partial charge on any atom is -0.330 e. The van der Waals surface area contributed by atoms with E-state index in [-0.39, 0.29) is 0 Å². The van der Waals surface area contributed by atoms with Gasteiger partial charge < -0.3 is 5.73 Å². The first kappa shape index (κ1) is 14.6. The van der Waals surface area contributed by atoms with Crippen LogP contribution in [-0.4, -0.2) is 6.54 Å². The summed E-state index contributed by atoms with van der Waals surface area (Å²) in [6, 6.07) is 15.5. The molecule has 3 atom stereocenters. The van der Waals surface area contributed by atoms with Crippen LogP contribution in [0.5, 0.6) is 0 Å². The molecule has 0 radical (unpaired) electrons. The third-order valence-electron chi connectivity index (χ3n) is 5.50. The summed E-state index contributed by atoms with van der Waals surface area (Å²) < 4.78 is 0. The molecule has 112 valence electrons. The summed E-state index contributed by atoms with van der Waals surface area (Å²) in [5.41, 5.74) is 7.62. The second-order valence-electron chi connectivity index (χ2n) is 6.99. The molecule has 1 heteroatoms. The summed E-state index contributed by atoms with van der Waals surface area (Å²) in [6.45, 7) is 5.56. The summed E-state index contributed by atoms with van der Waals surface area (Å²) >= 11 is 0. The number of rotatable bonds is 3. The van der Waals surface area contributed by atoms with Gasteiger partial charge in [0.05, 0.1) is 0 Å². The Morgan fingerprint density at radius 1 is 1.05 bits per heavy atom. The highest BCUT2D eigenvalue weighted by Crippen LogP contribution is 2.44. The van der Waals surface area contributed by atoms with Gasteiger partial charge in [-0.05, 0) is 65.8 Å². The first-order chi connectivity index (χ1) is 10.2. The first-order valence-corrected chi connectivity index (χ1v) is 8.38. The Kier molecular flexibility index (Phi) is 4.30. The molecule has 2 N–H and O–H groups in total. The molecule has 1 nitrogen and oxygen atoms in total. The molecular weight excluding hydrogens is 254 g/mol. The lowest BCUT2D eigenvalue weighted by molar-refractivity contribution is 0.198. The first-order valence-electron chi connectivity index (χ1n) is 8.38. The van der Waals surface area contributed by atoms with Gasteiger partial charge in [-0.1, -0.05) is 56.3 Å². The van der Waals surface area contributed by atoms with Crippen molar-refractivity contribution in [2.24, 2.45) is 23.5 Å². The average Bonchev–Trinajstić information content (AvgIpc) is 2.53. The molecule has 0 amide bonds. The molecule has 21 heavy (non-hydrogen) atoms. The van der Waals surface area contributed by atoms with Crippen LogP contribution in [0.2, 0.25) is 0 Å². The normalized spacial score (nSPS) is 26.4. The van der Waals surface area contributed by atoms with E-state index < -0.39 is 0 Å². The smallest absolute Gasteiger partial charge is 0.00430 e. The van der Waals surface area contributed by atoms with Gasteiger partial charge in [-0.25, -0.2) is 0 Å². The van der Waals surface area contributed by atoms with Crippen molar-refractivity contribution >= 4 is 10.8 Å². The highest BCUT2D eigenvalue weighted by molar-refractivity contribution is 5.86. The van der Waals surface area contributed by atoms with Gasteiger partial charge in [0.1, 0.15) is 0 Å². The average molecular weight is 281 g/mol. The summed E-state index contributed by atoms with van der Waals surface area (Å²) in [4.78, 5) is 0. The summed E-state index contributed by atoms with van der Waals surface area (Å²) in [5.74, 6) is 2.89. The number of nitrogens with two attached hydrogens (primary N) is 1. The standard InChI is InChI=1S/C20H27N/c1-14(2)16-10-11-17(13-21)20(12-16)19-9-5-7-15-6-3-4-8-18(15)19/h3-9,14,16-17,20H,10-13,21H2,1-2H3. The Morgan fingerprint density at radius 2 is 1.81 bits per heavy atom. The second kappa shape index (κ2) is 6.19. The zero-order valence-electron chi connectivity index (χ0n) is 13.3. The van der Waals surface area contributed by atoms with Gasteiger partial charge in [0, 0.05) is 0 Å². The van der Waals surface area contributed by atoms with Crippen LogP contribution in [0.4, 0.5) is 0 Å². The van der Waals surface area contributed by atoms with E-state index in [1.807, 2.05) is 0 Å². The topological polar surface area (TPSA) is 26.0 Å². The zero-order chi connectivity index (χ0) is 14.8.